The molecule has 4 saturated carbocycles. The van der Waals surface area contributed by atoms with Gasteiger partial charge in [0.15, 0.2) is 0 Å². The van der Waals surface area contributed by atoms with Crippen molar-refractivity contribution in [2.24, 2.45) is 0 Å². The van der Waals surface area contributed by atoms with Gasteiger partial charge in [-0.15, -0.1) is 0 Å². The fraction of sp³-hybridized carbons (Fsp3) is 0.400. The first kappa shape index (κ1) is 40.2. The summed E-state index contributed by atoms with van der Waals surface area (Å²) in [5.41, 5.74) is 18.5. The van der Waals surface area contributed by atoms with Gasteiger partial charge in [0.05, 0.1) is 0 Å². The van der Waals surface area contributed by atoms with Crippen molar-refractivity contribution >= 4 is 11.4 Å². The van der Waals surface area contributed by atoms with Gasteiger partial charge in [-0.25, -0.2) is 0 Å². The van der Waals surface area contributed by atoms with E-state index < -0.39 is 0 Å². The molecule has 0 aliphatic heterocycles. The van der Waals surface area contributed by atoms with Crippen LogP contribution in [0.4, 0.5) is 11.4 Å². The van der Waals surface area contributed by atoms with Gasteiger partial charge in [-0.05, 0) is 178 Å². The maximum absolute atomic E-state index is 4.00. The Bertz CT molecular complexity index is 2000. The highest BCUT2D eigenvalue weighted by Gasteiger charge is 2.20. The van der Waals surface area contributed by atoms with E-state index >= 15 is 0 Å². The Labute approximate surface area is 367 Å². The molecule has 0 amide bonds. The number of nitrogens with one attached hydrogen (secondary N) is 1. The Morgan fingerprint density at radius 2 is 0.443 bits per heavy atom. The van der Waals surface area contributed by atoms with E-state index in [-0.39, 0.29) is 0 Å². The molecule has 0 radical (unpaired) electrons. The molecule has 6 aromatic carbocycles. The Morgan fingerprint density at radius 3 is 0.656 bits per heavy atom. The fourth-order valence-electron chi connectivity index (χ4n) is 11.8. The average molecular weight is 802 g/mol. The van der Waals surface area contributed by atoms with Crippen LogP contribution < -0.4 is 5.32 Å². The third-order valence-corrected chi connectivity index (χ3v) is 15.4. The zero-order chi connectivity index (χ0) is 40.8. The van der Waals surface area contributed by atoms with Crippen LogP contribution in [0.3, 0.4) is 0 Å². The minimum Gasteiger partial charge on any atom is -0.355 e. The second kappa shape index (κ2) is 19.0. The van der Waals surface area contributed by atoms with Gasteiger partial charge in [0.25, 0.3) is 0 Å². The maximum Gasteiger partial charge on any atom is 0.0396 e. The molecule has 0 heterocycles. The van der Waals surface area contributed by atoms with Crippen molar-refractivity contribution in [2.45, 2.75) is 152 Å². The minimum atomic E-state index is 0.711. The minimum absolute atomic E-state index is 0.711. The van der Waals surface area contributed by atoms with E-state index in [9.17, 15) is 0 Å². The summed E-state index contributed by atoms with van der Waals surface area (Å²) in [5, 5.41) is 4.00. The van der Waals surface area contributed by atoms with Gasteiger partial charge in [-0.2, -0.15) is 0 Å². The molecular weight excluding hydrogens is 735 g/mol. The van der Waals surface area contributed by atoms with Crippen LogP contribution in [-0.2, 0) is 0 Å². The molecule has 312 valence electrons. The van der Waals surface area contributed by atoms with Crippen LogP contribution in [0.5, 0.6) is 0 Å². The summed E-state index contributed by atoms with van der Waals surface area (Å²) in [6.45, 7) is 0. The monoisotopic (exact) mass is 802 g/mol. The van der Waals surface area contributed by atoms with Crippen molar-refractivity contribution in [2.75, 3.05) is 5.32 Å². The number of hydrogen-bond acceptors (Lipinski definition) is 1. The Balaban J connectivity index is 1.01. The molecule has 1 heteroatoms. The molecule has 6 aromatic rings. The first-order chi connectivity index (χ1) is 30.2. The van der Waals surface area contributed by atoms with E-state index in [2.05, 4.69) is 139 Å². The molecule has 0 spiro atoms. The lowest BCUT2D eigenvalue weighted by atomic mass is 9.83. The maximum atomic E-state index is 4.00. The standard InChI is InChI=1S/C60H67N/c1-5-13-43(14-6-1)47-21-29-51(30-22-47)55-37-56(52-31-23-48(24-32-52)44-15-7-2-8-16-44)40-59(39-55)61-60-41-57(53-33-25-49(26-34-53)45-17-9-3-10-18-45)38-58(42-60)54-35-27-50(28-36-54)46-19-11-4-12-20-46/h21-46,61H,1-20H2. The Kier molecular flexibility index (Phi) is 12.5. The largest absolute Gasteiger partial charge is 0.355 e. The lowest BCUT2D eigenvalue weighted by molar-refractivity contribution is 0.443. The van der Waals surface area contributed by atoms with Crippen molar-refractivity contribution in [1.82, 2.24) is 0 Å². The van der Waals surface area contributed by atoms with Gasteiger partial charge < -0.3 is 5.32 Å². The molecule has 61 heavy (non-hydrogen) atoms. The first-order valence-corrected chi connectivity index (χ1v) is 24.7. The van der Waals surface area contributed by atoms with Gasteiger partial charge in [-0.1, -0.05) is 174 Å². The predicted molar refractivity (Wildman–Crippen MR) is 261 cm³/mol. The first-order valence-electron chi connectivity index (χ1n) is 24.7. The molecule has 0 atom stereocenters. The highest BCUT2D eigenvalue weighted by molar-refractivity contribution is 5.83. The summed E-state index contributed by atoms with van der Waals surface area (Å²) in [7, 11) is 0. The molecule has 4 aliphatic carbocycles. The van der Waals surface area contributed by atoms with E-state index in [4.69, 9.17) is 0 Å². The number of rotatable bonds is 10. The molecule has 0 unspecified atom stereocenters. The average Bonchev–Trinajstić information content (AvgIpc) is 3.35. The van der Waals surface area contributed by atoms with E-state index in [0.29, 0.717) is 23.7 Å². The molecular formula is C60H67N. The number of anilines is 2. The summed E-state index contributed by atoms with van der Waals surface area (Å²) in [6, 6.07) is 52.7. The second-order valence-corrected chi connectivity index (χ2v) is 19.6. The molecule has 1 nitrogen and oxygen atoms in total. The predicted octanol–water partition coefficient (Wildman–Crippen LogP) is 18.3. The van der Waals surface area contributed by atoms with Crippen LogP contribution in [0.15, 0.2) is 133 Å². The van der Waals surface area contributed by atoms with Crippen LogP contribution in [0.25, 0.3) is 44.5 Å². The molecule has 0 saturated heterocycles. The smallest absolute Gasteiger partial charge is 0.0396 e. The van der Waals surface area contributed by atoms with Crippen LogP contribution in [-0.4, -0.2) is 0 Å². The molecule has 0 aromatic heterocycles. The number of hydrogen-bond donors (Lipinski definition) is 1. The summed E-state index contributed by atoms with van der Waals surface area (Å²) in [4.78, 5) is 0. The van der Waals surface area contributed by atoms with Crippen molar-refractivity contribution < 1.29 is 0 Å². The lowest BCUT2D eigenvalue weighted by Crippen LogP contribution is -2.04. The van der Waals surface area contributed by atoms with Gasteiger partial charge in [0.1, 0.15) is 0 Å². The molecule has 10 rings (SSSR count). The van der Waals surface area contributed by atoms with E-state index in [1.807, 2.05) is 0 Å². The van der Waals surface area contributed by atoms with Gasteiger partial charge in [0.2, 0.25) is 0 Å². The molecule has 0 bridgehead atoms. The van der Waals surface area contributed by atoms with Crippen molar-refractivity contribution in [3.05, 3.63) is 156 Å². The summed E-state index contributed by atoms with van der Waals surface area (Å²) in [6.07, 6.45) is 27.1. The normalized spacial score (nSPS) is 18.6. The van der Waals surface area contributed by atoms with Gasteiger partial charge in [0, 0.05) is 11.4 Å². The van der Waals surface area contributed by atoms with Crippen molar-refractivity contribution in [3.8, 4) is 44.5 Å². The van der Waals surface area contributed by atoms with Gasteiger partial charge in [-0.3, -0.25) is 0 Å². The van der Waals surface area contributed by atoms with E-state index in [0.717, 1.165) is 11.4 Å². The quantitative estimate of drug-likeness (QED) is 0.145. The number of benzene rings is 6. The van der Waals surface area contributed by atoms with Crippen LogP contribution >= 0.6 is 0 Å². The van der Waals surface area contributed by atoms with Gasteiger partial charge >= 0.3 is 0 Å². The highest BCUT2D eigenvalue weighted by atomic mass is 14.9. The topological polar surface area (TPSA) is 12.0 Å². The highest BCUT2D eigenvalue weighted by Crippen LogP contribution is 2.41. The Hall–Kier alpha value is -4.88. The zero-order valence-corrected chi connectivity index (χ0v) is 36.7. The van der Waals surface area contributed by atoms with Crippen LogP contribution in [0.2, 0.25) is 0 Å². The Morgan fingerprint density at radius 1 is 0.230 bits per heavy atom. The SMILES string of the molecule is c1cc(C2CCCCC2)ccc1-c1cc(Nc2cc(-c3ccc(C4CCCCC4)cc3)cc(-c3ccc(C4CCCCC4)cc3)c2)cc(-c2ccc(C3CCCCC3)cc2)c1. The van der Waals surface area contributed by atoms with E-state index in [1.165, 1.54) is 195 Å². The van der Waals surface area contributed by atoms with Crippen molar-refractivity contribution in [3.63, 3.8) is 0 Å². The van der Waals surface area contributed by atoms with E-state index in [1.54, 1.807) is 0 Å². The van der Waals surface area contributed by atoms with Crippen LogP contribution in [0, 0.1) is 0 Å². The zero-order valence-electron chi connectivity index (χ0n) is 36.7. The summed E-state index contributed by atoms with van der Waals surface area (Å²) >= 11 is 0. The summed E-state index contributed by atoms with van der Waals surface area (Å²) in [5.74, 6) is 2.84. The third-order valence-electron chi connectivity index (χ3n) is 15.4. The van der Waals surface area contributed by atoms with Crippen LogP contribution in [0.1, 0.15) is 174 Å². The molecule has 4 aliphatic rings. The molecule has 1 N–H and O–H groups in total. The lowest BCUT2D eigenvalue weighted by Gasteiger charge is -2.22. The second-order valence-electron chi connectivity index (χ2n) is 19.6. The van der Waals surface area contributed by atoms with Crippen molar-refractivity contribution in [1.29, 1.82) is 0 Å². The molecule has 4 fully saturated rings. The third kappa shape index (κ3) is 9.62. The fourth-order valence-corrected chi connectivity index (χ4v) is 11.8. The summed E-state index contributed by atoms with van der Waals surface area (Å²) < 4.78 is 0.